The molecule has 3 rings (SSSR count). The van der Waals surface area contributed by atoms with Crippen LogP contribution in [0.5, 0.6) is 5.19 Å². The number of thiazole rings is 1. The average Bonchev–Trinajstić information content (AvgIpc) is 3.09. The Bertz CT molecular complexity index is 568. The van der Waals surface area contributed by atoms with E-state index in [1.807, 2.05) is 5.38 Å². The summed E-state index contributed by atoms with van der Waals surface area (Å²) < 4.78 is 5.89. The highest BCUT2D eigenvalue weighted by molar-refractivity contribution is 7.15. The Morgan fingerprint density at radius 1 is 1.24 bits per heavy atom. The van der Waals surface area contributed by atoms with Gasteiger partial charge in [-0.25, -0.2) is 4.98 Å². The van der Waals surface area contributed by atoms with Gasteiger partial charge in [0.1, 0.15) is 11.1 Å². The lowest BCUT2D eigenvalue weighted by molar-refractivity contribution is 0.170. The molecule has 114 valence electrons. The van der Waals surface area contributed by atoms with E-state index in [4.69, 9.17) is 4.74 Å². The summed E-state index contributed by atoms with van der Waals surface area (Å²) in [6.45, 7) is 8.45. The van der Waals surface area contributed by atoms with Crippen LogP contribution in [-0.4, -0.2) is 34.4 Å². The molecule has 1 aliphatic heterocycles. The topological polar surface area (TPSA) is 51.1 Å². The first-order valence-corrected chi connectivity index (χ1v) is 8.87. The van der Waals surface area contributed by atoms with Crippen molar-refractivity contribution in [2.45, 2.75) is 45.1 Å². The summed E-state index contributed by atoms with van der Waals surface area (Å²) in [5.41, 5.74) is 0.0716. The van der Waals surface area contributed by atoms with Crippen LogP contribution in [0, 0.1) is 0 Å². The number of hydrogen-bond acceptors (Lipinski definition) is 7. The van der Waals surface area contributed by atoms with Crippen molar-refractivity contribution >= 4 is 27.8 Å². The molecule has 0 unspecified atom stereocenters. The maximum Gasteiger partial charge on any atom is 0.273 e. The third-order valence-corrected chi connectivity index (χ3v) is 5.52. The summed E-state index contributed by atoms with van der Waals surface area (Å²) in [5, 5.41) is 13.5. The van der Waals surface area contributed by atoms with Crippen molar-refractivity contribution in [1.82, 2.24) is 15.2 Å². The molecule has 0 radical (unpaired) electrons. The lowest BCUT2D eigenvalue weighted by atomic mass is 9.98. The molecule has 2 aromatic rings. The van der Waals surface area contributed by atoms with Gasteiger partial charge in [-0.2, -0.15) is 0 Å². The van der Waals surface area contributed by atoms with E-state index in [1.165, 1.54) is 0 Å². The number of piperidine rings is 1. The van der Waals surface area contributed by atoms with E-state index in [2.05, 4.69) is 40.9 Å². The molecule has 0 aromatic carbocycles. The predicted octanol–water partition coefficient (Wildman–Crippen LogP) is 3.34. The predicted molar refractivity (Wildman–Crippen MR) is 86.6 cm³/mol. The second-order valence-corrected chi connectivity index (χ2v) is 8.06. The molecule has 0 saturated carbocycles. The second-order valence-electron chi connectivity index (χ2n) is 6.24. The number of rotatable bonds is 3. The average molecular weight is 324 g/mol. The molecule has 0 atom stereocenters. The second kappa shape index (κ2) is 5.88. The molecule has 5 nitrogen and oxygen atoms in total. The zero-order valence-corrected chi connectivity index (χ0v) is 14.2. The maximum atomic E-state index is 5.89. The van der Waals surface area contributed by atoms with Gasteiger partial charge in [-0.05, 0) is 0 Å². The Balaban J connectivity index is 1.57. The van der Waals surface area contributed by atoms with E-state index in [-0.39, 0.29) is 11.5 Å². The minimum absolute atomic E-state index is 0.0716. The molecule has 0 aliphatic carbocycles. The minimum atomic E-state index is 0.0716. The summed E-state index contributed by atoms with van der Waals surface area (Å²) in [5.74, 6) is 0. The quantitative estimate of drug-likeness (QED) is 0.866. The monoisotopic (exact) mass is 324 g/mol. The van der Waals surface area contributed by atoms with Crippen molar-refractivity contribution in [3.05, 3.63) is 16.6 Å². The fourth-order valence-corrected chi connectivity index (χ4v) is 3.73. The number of aromatic nitrogens is 3. The standard InChI is InChI=1S/C14H20N4OS2/c1-14(2,3)11-16-17-12(21-11)18-7-4-10(5-8-18)19-13-15-6-9-20-13/h6,9-10H,4-5,7-8H2,1-3H3. The summed E-state index contributed by atoms with van der Waals surface area (Å²) in [6, 6.07) is 0. The molecule has 2 aromatic heterocycles. The number of hydrogen-bond donors (Lipinski definition) is 0. The zero-order chi connectivity index (χ0) is 14.9. The van der Waals surface area contributed by atoms with E-state index in [9.17, 15) is 0 Å². The van der Waals surface area contributed by atoms with Crippen molar-refractivity contribution in [2.24, 2.45) is 0 Å². The van der Waals surface area contributed by atoms with Crippen LogP contribution in [0.3, 0.4) is 0 Å². The summed E-state index contributed by atoms with van der Waals surface area (Å²) >= 11 is 3.26. The Morgan fingerprint density at radius 2 is 2.00 bits per heavy atom. The molecule has 1 saturated heterocycles. The van der Waals surface area contributed by atoms with Crippen LogP contribution in [0.15, 0.2) is 11.6 Å². The number of ether oxygens (including phenoxy) is 1. The van der Waals surface area contributed by atoms with Crippen LogP contribution in [0.2, 0.25) is 0 Å². The van der Waals surface area contributed by atoms with Crippen LogP contribution >= 0.6 is 22.7 Å². The summed E-state index contributed by atoms with van der Waals surface area (Å²) in [7, 11) is 0. The first-order chi connectivity index (χ1) is 10.0. The van der Waals surface area contributed by atoms with Crippen molar-refractivity contribution < 1.29 is 4.74 Å². The number of nitrogens with zero attached hydrogens (tertiary/aromatic N) is 4. The zero-order valence-electron chi connectivity index (χ0n) is 12.6. The van der Waals surface area contributed by atoms with Crippen LogP contribution in [0.1, 0.15) is 38.6 Å². The number of anilines is 1. The Kier molecular flexibility index (Phi) is 4.12. The third kappa shape index (κ3) is 3.52. The Hall–Kier alpha value is -1.21. The van der Waals surface area contributed by atoms with Gasteiger partial charge < -0.3 is 9.64 Å². The summed E-state index contributed by atoms with van der Waals surface area (Å²) in [4.78, 5) is 6.49. The lowest BCUT2D eigenvalue weighted by Gasteiger charge is -2.31. The molecule has 0 bridgehead atoms. The van der Waals surface area contributed by atoms with Crippen LogP contribution in [-0.2, 0) is 5.41 Å². The van der Waals surface area contributed by atoms with Gasteiger partial charge in [0.05, 0.1) is 0 Å². The van der Waals surface area contributed by atoms with Crippen molar-refractivity contribution in [3.8, 4) is 5.19 Å². The van der Waals surface area contributed by atoms with Gasteiger partial charge in [-0.3, -0.25) is 0 Å². The largest absolute Gasteiger partial charge is 0.467 e. The third-order valence-electron chi connectivity index (χ3n) is 3.45. The van der Waals surface area contributed by atoms with Gasteiger partial charge in [0, 0.05) is 42.9 Å². The fourth-order valence-electron chi connectivity index (χ4n) is 2.22. The van der Waals surface area contributed by atoms with Crippen molar-refractivity contribution in [3.63, 3.8) is 0 Å². The SMILES string of the molecule is CC(C)(C)c1nnc(N2CCC(Oc3nccs3)CC2)s1. The van der Waals surface area contributed by atoms with Gasteiger partial charge in [0.15, 0.2) is 0 Å². The van der Waals surface area contributed by atoms with Gasteiger partial charge in [0.2, 0.25) is 5.13 Å². The van der Waals surface area contributed by atoms with Crippen molar-refractivity contribution in [2.75, 3.05) is 18.0 Å². The Morgan fingerprint density at radius 3 is 2.57 bits per heavy atom. The van der Waals surface area contributed by atoms with E-state index in [0.717, 1.165) is 41.3 Å². The highest BCUT2D eigenvalue weighted by Gasteiger charge is 2.25. The molecule has 0 amide bonds. The van der Waals surface area contributed by atoms with Crippen molar-refractivity contribution in [1.29, 1.82) is 0 Å². The highest BCUT2D eigenvalue weighted by Crippen LogP contribution is 2.31. The highest BCUT2D eigenvalue weighted by atomic mass is 32.1. The van der Waals surface area contributed by atoms with Crippen LogP contribution in [0.4, 0.5) is 5.13 Å². The van der Waals surface area contributed by atoms with E-state index in [1.54, 1.807) is 28.9 Å². The van der Waals surface area contributed by atoms with Gasteiger partial charge in [-0.15, -0.1) is 10.2 Å². The normalized spacial score (nSPS) is 17.2. The van der Waals surface area contributed by atoms with Gasteiger partial charge in [-0.1, -0.05) is 43.4 Å². The Labute approximate surface area is 133 Å². The van der Waals surface area contributed by atoms with Gasteiger partial charge in [0.25, 0.3) is 5.19 Å². The first kappa shape index (κ1) is 14.7. The molecule has 21 heavy (non-hydrogen) atoms. The van der Waals surface area contributed by atoms with Gasteiger partial charge >= 0.3 is 0 Å². The van der Waals surface area contributed by atoms with E-state index >= 15 is 0 Å². The molecule has 1 aliphatic rings. The molecule has 0 spiro atoms. The fraction of sp³-hybridized carbons (Fsp3) is 0.643. The maximum absolute atomic E-state index is 5.89. The molecular formula is C14H20N4OS2. The van der Waals surface area contributed by atoms with Crippen LogP contribution in [0.25, 0.3) is 0 Å². The van der Waals surface area contributed by atoms with E-state index in [0.29, 0.717) is 0 Å². The molecule has 1 fully saturated rings. The minimum Gasteiger partial charge on any atom is -0.467 e. The molecule has 7 heteroatoms. The molecule has 0 N–H and O–H groups in total. The van der Waals surface area contributed by atoms with Crippen LogP contribution < -0.4 is 9.64 Å². The van der Waals surface area contributed by atoms with E-state index < -0.39 is 0 Å². The molecule has 3 heterocycles. The lowest BCUT2D eigenvalue weighted by Crippen LogP contribution is -2.38. The molecular weight excluding hydrogens is 304 g/mol. The smallest absolute Gasteiger partial charge is 0.273 e. The first-order valence-electron chi connectivity index (χ1n) is 7.17. The summed E-state index contributed by atoms with van der Waals surface area (Å²) in [6.07, 6.45) is 4.06.